The van der Waals surface area contributed by atoms with Gasteiger partial charge in [0.15, 0.2) is 5.58 Å². The lowest BCUT2D eigenvalue weighted by atomic mass is 10.0. The van der Waals surface area contributed by atoms with Gasteiger partial charge >= 0.3 is 4.94 Å². The number of carbonyl (C=O) groups excluding carboxylic acids is 1. The molecule has 3 aromatic carbocycles. The number of hydrogen-bond donors (Lipinski definition) is 0. The van der Waals surface area contributed by atoms with Crippen LogP contribution in [0.3, 0.4) is 0 Å². The Morgan fingerprint density at radius 3 is 2.29 bits per heavy atom. The van der Waals surface area contributed by atoms with Crippen LogP contribution < -0.4 is 9.24 Å². The van der Waals surface area contributed by atoms with Crippen LogP contribution in [0.2, 0.25) is 0 Å². The summed E-state index contributed by atoms with van der Waals surface area (Å²) in [5.74, 6) is -0.516. The smallest absolute Gasteiger partial charge is 0.396 e. The fraction of sp³-hybridized carbons (Fsp3) is 0.115. The van der Waals surface area contributed by atoms with Gasteiger partial charge in [0.2, 0.25) is 0 Å². The maximum Gasteiger partial charge on any atom is 0.396 e. The van der Waals surface area contributed by atoms with E-state index in [9.17, 15) is 18.0 Å². The summed E-state index contributed by atoms with van der Waals surface area (Å²) in [7, 11) is -4.34. The molecule has 0 atom stereocenters. The maximum atomic E-state index is 14.0. The predicted octanol–water partition coefficient (Wildman–Crippen LogP) is 5.56. The van der Waals surface area contributed by atoms with E-state index in [2.05, 4.69) is 4.98 Å². The lowest BCUT2D eigenvalue weighted by molar-refractivity contribution is 0.101. The highest BCUT2D eigenvalue weighted by Crippen LogP contribution is 2.38. The molecule has 0 aliphatic carbocycles. The van der Waals surface area contributed by atoms with E-state index in [0.717, 1.165) is 21.2 Å². The third-order valence-corrected chi connectivity index (χ3v) is 8.22. The Balaban J connectivity index is 1.80. The first kappa shape index (κ1) is 22.9. The van der Waals surface area contributed by atoms with E-state index < -0.39 is 20.9 Å². The average molecular weight is 505 g/mol. The van der Waals surface area contributed by atoms with E-state index in [4.69, 9.17) is 4.42 Å². The second-order valence-electron chi connectivity index (χ2n) is 8.26. The van der Waals surface area contributed by atoms with Crippen molar-refractivity contribution in [3.05, 3.63) is 100.0 Å². The van der Waals surface area contributed by atoms with Crippen LogP contribution in [0.15, 0.2) is 93.2 Å². The van der Waals surface area contributed by atoms with Gasteiger partial charge in [-0.25, -0.2) is 13.2 Å². The van der Waals surface area contributed by atoms with Crippen LogP contribution in [0, 0.1) is 0 Å². The topological polar surface area (TPSA) is 97.5 Å². The average Bonchev–Trinajstić information content (AvgIpc) is 3.25. The molecule has 9 heteroatoms. The molecule has 5 rings (SSSR count). The minimum atomic E-state index is -4.34. The van der Waals surface area contributed by atoms with Gasteiger partial charge in [0.1, 0.15) is 0 Å². The maximum absolute atomic E-state index is 14.0. The lowest BCUT2D eigenvalue weighted by Gasteiger charge is -2.24. The molecule has 0 N–H and O–H groups in total. The number of pyridine rings is 1. The first-order valence-corrected chi connectivity index (χ1v) is 13.1. The fourth-order valence-corrected chi connectivity index (χ4v) is 6.08. The molecule has 0 aliphatic heterocycles. The summed E-state index contributed by atoms with van der Waals surface area (Å²) in [4.78, 5) is 29.2. The summed E-state index contributed by atoms with van der Waals surface area (Å²) >= 11 is 0.853. The van der Waals surface area contributed by atoms with Crippen molar-refractivity contribution in [3.63, 3.8) is 0 Å². The molecule has 0 bridgehead atoms. The summed E-state index contributed by atoms with van der Waals surface area (Å²) in [5.41, 5.74) is 1.63. The molecule has 1 amide bonds. The number of nitrogens with zero attached hydrogens (tertiary/aromatic N) is 2. The molecule has 7 nitrogen and oxygen atoms in total. The Morgan fingerprint density at radius 1 is 0.971 bits per heavy atom. The third-order valence-electron chi connectivity index (χ3n) is 5.73. The van der Waals surface area contributed by atoms with Crippen molar-refractivity contribution in [2.24, 2.45) is 0 Å². The van der Waals surface area contributed by atoms with Crippen LogP contribution >= 0.6 is 11.3 Å². The molecule has 0 spiro atoms. The quantitative estimate of drug-likeness (QED) is 0.311. The number of anilines is 1. The molecule has 2 heterocycles. The normalized spacial score (nSPS) is 11.9. The molecule has 35 heavy (non-hydrogen) atoms. The van der Waals surface area contributed by atoms with Gasteiger partial charge in [-0.05, 0) is 41.8 Å². The van der Waals surface area contributed by atoms with E-state index in [1.165, 1.54) is 42.7 Å². The number of rotatable bonds is 5. The van der Waals surface area contributed by atoms with Crippen molar-refractivity contribution >= 4 is 54.0 Å². The summed E-state index contributed by atoms with van der Waals surface area (Å²) in [5, 5.41) is 1.00. The molecule has 0 radical (unpaired) electrons. The molecule has 176 valence electrons. The number of amides is 1. The van der Waals surface area contributed by atoms with Crippen LogP contribution in [0.4, 0.5) is 5.69 Å². The Bertz CT molecular complexity index is 1720. The first-order chi connectivity index (χ1) is 16.8. The van der Waals surface area contributed by atoms with Crippen LogP contribution in [-0.4, -0.2) is 19.3 Å². The number of aromatic nitrogens is 1. The van der Waals surface area contributed by atoms with Gasteiger partial charge < -0.3 is 4.42 Å². The zero-order chi connectivity index (χ0) is 24.7. The number of carbonyl (C=O) groups is 1. The Morgan fingerprint density at radius 2 is 1.63 bits per heavy atom. The summed E-state index contributed by atoms with van der Waals surface area (Å²) < 4.78 is 34.7. The van der Waals surface area contributed by atoms with Gasteiger partial charge in [0.05, 0.1) is 15.3 Å². The molecule has 0 fully saturated rings. The minimum Gasteiger partial charge on any atom is -0.413 e. The second kappa shape index (κ2) is 8.75. The lowest BCUT2D eigenvalue weighted by Crippen LogP contribution is -2.37. The van der Waals surface area contributed by atoms with Crippen LogP contribution in [0.5, 0.6) is 0 Å². The van der Waals surface area contributed by atoms with E-state index in [-0.39, 0.29) is 22.1 Å². The highest BCUT2D eigenvalue weighted by Gasteiger charge is 2.34. The predicted molar refractivity (Wildman–Crippen MR) is 137 cm³/mol. The second-order valence-corrected chi connectivity index (χ2v) is 11.0. The van der Waals surface area contributed by atoms with Crippen molar-refractivity contribution in [2.75, 3.05) is 4.31 Å². The molecule has 2 aromatic heterocycles. The molecule has 5 aromatic rings. The number of benzene rings is 3. The van der Waals surface area contributed by atoms with Gasteiger partial charge in [-0.15, -0.1) is 0 Å². The van der Waals surface area contributed by atoms with Gasteiger partial charge in [-0.3, -0.25) is 9.78 Å². The van der Waals surface area contributed by atoms with Crippen LogP contribution in [-0.2, 0) is 10.0 Å². The van der Waals surface area contributed by atoms with Gasteiger partial charge in [-0.1, -0.05) is 61.6 Å². The zero-order valence-electron chi connectivity index (χ0n) is 18.8. The van der Waals surface area contributed by atoms with E-state index in [0.29, 0.717) is 21.1 Å². The summed E-state index contributed by atoms with van der Waals surface area (Å²) in [6.45, 7) is 4.03. The van der Waals surface area contributed by atoms with Gasteiger partial charge in [0.25, 0.3) is 15.9 Å². The fourth-order valence-electron chi connectivity index (χ4n) is 3.94. The molecule has 0 unspecified atom stereocenters. The van der Waals surface area contributed by atoms with Crippen molar-refractivity contribution in [3.8, 4) is 0 Å². The number of sulfonamides is 1. The van der Waals surface area contributed by atoms with Crippen LogP contribution in [0.1, 0.15) is 35.7 Å². The number of hydrogen-bond acceptors (Lipinski definition) is 7. The zero-order valence-corrected chi connectivity index (χ0v) is 20.5. The Kier molecular flexibility index (Phi) is 5.74. The first-order valence-electron chi connectivity index (χ1n) is 10.8. The highest BCUT2D eigenvalue weighted by atomic mass is 32.2. The molecular formula is C26H20N2O5S2. The number of fused-ring (bicyclic) bond motifs is 3. The van der Waals surface area contributed by atoms with E-state index in [1.54, 1.807) is 36.4 Å². The van der Waals surface area contributed by atoms with Crippen LogP contribution in [0.25, 0.3) is 21.1 Å². The monoisotopic (exact) mass is 504 g/mol. The van der Waals surface area contributed by atoms with Gasteiger partial charge in [0, 0.05) is 28.7 Å². The summed E-state index contributed by atoms with van der Waals surface area (Å²) in [6.07, 6.45) is 2.86. The SMILES string of the molecule is CC(C)c1ccc(S(=O)(=O)N(C(=O)c2ccncc2)c2cc3sc(=O)oc3c3ccccc23)cc1. The largest absolute Gasteiger partial charge is 0.413 e. The molecular weight excluding hydrogens is 484 g/mol. The molecule has 0 saturated heterocycles. The van der Waals surface area contributed by atoms with Crippen molar-refractivity contribution in [1.29, 1.82) is 0 Å². The molecule has 0 saturated carbocycles. The van der Waals surface area contributed by atoms with E-state index >= 15 is 0 Å². The van der Waals surface area contributed by atoms with Crippen molar-refractivity contribution in [1.82, 2.24) is 4.98 Å². The molecule has 0 aliphatic rings. The summed E-state index contributed by atoms with van der Waals surface area (Å²) in [6, 6.07) is 17.9. The minimum absolute atomic E-state index is 0.0196. The standard InChI is InChI=1S/C26H20N2O5S2/c1-16(2)17-7-9-19(10-8-17)35(31,32)28(25(29)18-11-13-27-14-12-18)22-15-23-24(33-26(30)34-23)21-6-4-3-5-20(21)22/h3-16H,1-2H3. The third kappa shape index (κ3) is 4.02. The highest BCUT2D eigenvalue weighted by molar-refractivity contribution is 7.93. The van der Waals surface area contributed by atoms with Crippen molar-refractivity contribution in [2.45, 2.75) is 24.7 Å². The van der Waals surface area contributed by atoms with Crippen molar-refractivity contribution < 1.29 is 17.6 Å². The Labute approximate surface area is 205 Å². The Hall–Kier alpha value is -3.82. The van der Waals surface area contributed by atoms with Gasteiger partial charge in [-0.2, -0.15) is 4.31 Å². The van der Waals surface area contributed by atoms with E-state index in [1.807, 2.05) is 13.8 Å².